The van der Waals surface area contributed by atoms with Crippen LogP contribution in [0, 0.1) is 11.3 Å². The van der Waals surface area contributed by atoms with Crippen LogP contribution in [0.4, 0.5) is 0 Å². The lowest BCUT2D eigenvalue weighted by Gasteiger charge is -2.17. The van der Waals surface area contributed by atoms with Gasteiger partial charge in [0.25, 0.3) is 5.91 Å². The van der Waals surface area contributed by atoms with Crippen LogP contribution in [0.25, 0.3) is 0 Å². The van der Waals surface area contributed by atoms with Crippen LogP contribution in [-0.4, -0.2) is 26.6 Å². The maximum Gasteiger partial charge on any atom is 0.271 e. The minimum absolute atomic E-state index is 0.162. The number of thioether (sulfide) groups is 1. The van der Waals surface area contributed by atoms with Gasteiger partial charge in [0.2, 0.25) is 0 Å². The predicted molar refractivity (Wildman–Crippen MR) is 97.5 cm³/mol. The first kappa shape index (κ1) is 19.2. The minimum atomic E-state index is -0.668. The van der Waals surface area contributed by atoms with E-state index in [0.717, 1.165) is 16.2 Å². The molecule has 2 aromatic rings. The van der Waals surface area contributed by atoms with Crippen LogP contribution in [-0.2, 0) is 12.0 Å². The maximum absolute atomic E-state index is 12.5. The largest absolute Gasteiger partial charge is 0.345 e. The molecular formula is C17H18ClN5OS. The molecule has 8 heteroatoms. The van der Waals surface area contributed by atoms with Crippen LogP contribution in [0.15, 0.2) is 29.6 Å². The van der Waals surface area contributed by atoms with Gasteiger partial charge in [-0.1, -0.05) is 18.5 Å². The zero-order valence-electron chi connectivity index (χ0n) is 14.2. The average Bonchev–Trinajstić information content (AvgIpc) is 2.61. The second-order valence-electron chi connectivity index (χ2n) is 5.72. The normalized spacial score (nSPS) is 11.0. The second kappa shape index (κ2) is 8.28. The van der Waals surface area contributed by atoms with Crippen molar-refractivity contribution in [1.82, 2.24) is 20.3 Å². The van der Waals surface area contributed by atoms with E-state index >= 15 is 0 Å². The summed E-state index contributed by atoms with van der Waals surface area (Å²) in [6.07, 6.45) is 4.58. The molecule has 6 nitrogen and oxygen atoms in total. The van der Waals surface area contributed by atoms with Crippen molar-refractivity contribution < 1.29 is 4.79 Å². The number of nitriles is 1. The van der Waals surface area contributed by atoms with Crippen molar-refractivity contribution in [3.8, 4) is 6.07 Å². The molecule has 0 aliphatic heterocycles. The van der Waals surface area contributed by atoms with Gasteiger partial charge in [-0.3, -0.25) is 9.78 Å². The lowest BCUT2D eigenvalue weighted by Crippen LogP contribution is -2.26. The molecule has 1 N–H and O–H groups in total. The highest BCUT2D eigenvalue weighted by Crippen LogP contribution is 2.28. The zero-order valence-corrected chi connectivity index (χ0v) is 15.8. The molecule has 0 aliphatic carbocycles. The van der Waals surface area contributed by atoms with Gasteiger partial charge in [0.15, 0.2) is 5.15 Å². The summed E-state index contributed by atoms with van der Waals surface area (Å²) >= 11 is 7.46. The first-order chi connectivity index (χ1) is 11.9. The fourth-order valence-corrected chi connectivity index (χ4v) is 2.98. The predicted octanol–water partition coefficient (Wildman–Crippen LogP) is 3.37. The summed E-state index contributed by atoms with van der Waals surface area (Å²) in [5.74, 6) is 0.466. The summed E-state index contributed by atoms with van der Waals surface area (Å²) in [6, 6.07) is 4.10. The Morgan fingerprint density at radius 2 is 2.08 bits per heavy atom. The van der Waals surface area contributed by atoms with Gasteiger partial charge in [-0.05, 0) is 31.2 Å². The van der Waals surface area contributed by atoms with Crippen LogP contribution in [0.2, 0.25) is 5.15 Å². The van der Waals surface area contributed by atoms with E-state index < -0.39 is 5.41 Å². The number of rotatable bonds is 6. The maximum atomic E-state index is 12.5. The van der Waals surface area contributed by atoms with Gasteiger partial charge >= 0.3 is 0 Å². The summed E-state index contributed by atoms with van der Waals surface area (Å²) in [5.41, 5.74) is 0.923. The number of hydrogen-bond donors (Lipinski definition) is 1. The Morgan fingerprint density at radius 1 is 1.36 bits per heavy atom. The van der Waals surface area contributed by atoms with Crippen molar-refractivity contribution in [2.75, 3.05) is 5.75 Å². The van der Waals surface area contributed by atoms with Gasteiger partial charge in [-0.25, -0.2) is 9.97 Å². The van der Waals surface area contributed by atoms with Gasteiger partial charge in [-0.15, -0.1) is 11.8 Å². The molecule has 0 saturated carbocycles. The summed E-state index contributed by atoms with van der Waals surface area (Å²) in [5, 5.41) is 12.3. The molecule has 25 heavy (non-hydrogen) atoms. The average molecular weight is 376 g/mol. The highest BCUT2D eigenvalue weighted by Gasteiger charge is 2.23. The van der Waals surface area contributed by atoms with E-state index in [9.17, 15) is 10.1 Å². The molecule has 2 heterocycles. The topological polar surface area (TPSA) is 91.6 Å². The summed E-state index contributed by atoms with van der Waals surface area (Å²) in [4.78, 5) is 25.6. The summed E-state index contributed by atoms with van der Waals surface area (Å²) in [6.45, 7) is 5.79. The van der Waals surface area contributed by atoms with Gasteiger partial charge in [0, 0.05) is 23.5 Å². The van der Waals surface area contributed by atoms with Crippen LogP contribution in [0.3, 0.4) is 0 Å². The molecule has 0 aliphatic rings. The van der Waals surface area contributed by atoms with E-state index in [2.05, 4.69) is 26.3 Å². The fraction of sp³-hybridized carbons (Fsp3) is 0.353. The molecule has 2 aromatic heterocycles. The first-order valence-corrected chi connectivity index (χ1v) is 9.03. The monoisotopic (exact) mass is 375 g/mol. The Morgan fingerprint density at radius 3 is 2.72 bits per heavy atom. The molecule has 0 aromatic carbocycles. The minimum Gasteiger partial charge on any atom is -0.345 e. The Kier molecular flexibility index (Phi) is 6.34. The van der Waals surface area contributed by atoms with Gasteiger partial charge in [0.05, 0.1) is 23.7 Å². The number of halogens is 1. The van der Waals surface area contributed by atoms with Gasteiger partial charge in [-0.2, -0.15) is 5.26 Å². The van der Waals surface area contributed by atoms with Gasteiger partial charge in [0.1, 0.15) is 5.69 Å². The van der Waals surface area contributed by atoms with Crippen molar-refractivity contribution in [3.63, 3.8) is 0 Å². The Balaban J connectivity index is 2.24. The quantitative estimate of drug-likeness (QED) is 0.778. The number of aromatic nitrogens is 3. The number of nitrogens with zero attached hydrogens (tertiary/aromatic N) is 4. The highest BCUT2D eigenvalue weighted by molar-refractivity contribution is 7.99. The number of carbonyl (C=O) groups excluding carboxylic acids is 1. The molecule has 0 atom stereocenters. The fourth-order valence-electron chi connectivity index (χ4n) is 2.00. The first-order valence-electron chi connectivity index (χ1n) is 7.67. The van der Waals surface area contributed by atoms with Crippen molar-refractivity contribution in [2.45, 2.75) is 37.6 Å². The standard InChI is InChI=1S/C17H18ClN5OS/c1-4-25-13-7-11(17(2,3)10-19)8-22-14(13)16(24)23-9-12-15(18)21-6-5-20-12/h5-8H,4,9H2,1-3H3,(H,23,24). The number of pyridine rings is 1. The Hall–Kier alpha value is -2.17. The van der Waals surface area contributed by atoms with Crippen LogP contribution < -0.4 is 5.32 Å². The molecule has 2 rings (SSSR count). The van der Waals surface area contributed by atoms with E-state index in [1.54, 1.807) is 6.20 Å². The van der Waals surface area contributed by atoms with Crippen molar-refractivity contribution in [2.24, 2.45) is 0 Å². The Labute approximate surface area is 156 Å². The second-order valence-corrected chi connectivity index (χ2v) is 7.38. The molecule has 0 radical (unpaired) electrons. The zero-order chi connectivity index (χ0) is 18.4. The van der Waals surface area contributed by atoms with Crippen LogP contribution in [0.1, 0.15) is 42.5 Å². The third-order valence-electron chi connectivity index (χ3n) is 3.51. The molecule has 0 unspecified atom stereocenters. The third kappa shape index (κ3) is 4.68. The number of carbonyl (C=O) groups is 1. The number of nitrogens with one attached hydrogen (secondary N) is 1. The van der Waals surface area contributed by atoms with Crippen molar-refractivity contribution >= 4 is 29.3 Å². The summed E-state index contributed by atoms with van der Waals surface area (Å²) < 4.78 is 0. The molecule has 1 amide bonds. The third-order valence-corrected chi connectivity index (χ3v) is 4.73. The summed E-state index contributed by atoms with van der Waals surface area (Å²) in [7, 11) is 0. The smallest absolute Gasteiger partial charge is 0.271 e. The van der Waals surface area contributed by atoms with Gasteiger partial charge < -0.3 is 5.32 Å². The lowest BCUT2D eigenvalue weighted by atomic mass is 9.87. The SMILES string of the molecule is CCSc1cc(C(C)(C)C#N)cnc1C(=O)NCc1nccnc1Cl. The van der Waals surface area contributed by atoms with E-state index in [1.807, 2.05) is 26.8 Å². The van der Waals surface area contributed by atoms with Crippen LogP contribution >= 0.6 is 23.4 Å². The van der Waals surface area contributed by atoms with E-state index in [1.165, 1.54) is 24.2 Å². The number of hydrogen-bond acceptors (Lipinski definition) is 6. The molecule has 130 valence electrons. The lowest BCUT2D eigenvalue weighted by molar-refractivity contribution is 0.0942. The number of amides is 1. The van der Waals surface area contributed by atoms with E-state index in [-0.39, 0.29) is 17.6 Å². The molecular weight excluding hydrogens is 358 g/mol. The molecule has 0 fully saturated rings. The molecule has 0 saturated heterocycles. The van der Waals surface area contributed by atoms with Crippen molar-refractivity contribution in [3.05, 3.63) is 46.8 Å². The Bertz CT molecular complexity index is 819. The van der Waals surface area contributed by atoms with Crippen molar-refractivity contribution in [1.29, 1.82) is 5.26 Å². The van der Waals surface area contributed by atoms with E-state index in [4.69, 9.17) is 11.6 Å². The molecule has 0 bridgehead atoms. The highest BCUT2D eigenvalue weighted by atomic mass is 35.5. The van der Waals surface area contributed by atoms with Crippen LogP contribution in [0.5, 0.6) is 0 Å². The van der Waals surface area contributed by atoms with E-state index in [0.29, 0.717) is 11.4 Å². The molecule has 0 spiro atoms.